The van der Waals surface area contributed by atoms with E-state index in [1.807, 2.05) is 0 Å². The van der Waals surface area contributed by atoms with Gasteiger partial charge in [0.2, 0.25) is 0 Å². The Bertz CT molecular complexity index is 628. The van der Waals surface area contributed by atoms with Crippen molar-refractivity contribution in [2.75, 3.05) is 0 Å². The van der Waals surface area contributed by atoms with Gasteiger partial charge in [-0.15, -0.1) is 0 Å². The van der Waals surface area contributed by atoms with Crippen LogP contribution < -0.4 is 0 Å². The molecule has 0 saturated carbocycles. The van der Waals surface area contributed by atoms with Crippen LogP contribution in [0.25, 0.3) is 11.4 Å². The molecule has 2 rings (SSSR count). The van der Waals surface area contributed by atoms with Crippen LogP contribution in [0.5, 0.6) is 0 Å². The first-order valence-corrected chi connectivity index (χ1v) is 6.17. The Morgan fingerprint density at radius 1 is 1.41 bits per heavy atom. The lowest BCUT2D eigenvalue weighted by atomic mass is 10.2. The Kier molecular flexibility index (Phi) is 3.43. The van der Waals surface area contributed by atoms with Crippen molar-refractivity contribution in [3.05, 3.63) is 38.5 Å². The third-order valence-corrected chi connectivity index (χ3v) is 3.43. The molecule has 0 saturated heterocycles. The van der Waals surface area contributed by atoms with E-state index in [4.69, 9.17) is 28.5 Å². The summed E-state index contributed by atoms with van der Waals surface area (Å²) in [5.41, 5.74) is 1.19. The fourth-order valence-electron chi connectivity index (χ4n) is 1.50. The summed E-state index contributed by atoms with van der Waals surface area (Å²) in [6, 6.07) is 7.23. The average molecular weight is 331 g/mol. The van der Waals surface area contributed by atoms with Crippen molar-refractivity contribution < 1.29 is 0 Å². The van der Waals surface area contributed by atoms with Gasteiger partial charge in [0.25, 0.3) is 0 Å². The Hall–Kier alpha value is -1.02. The second-order valence-corrected chi connectivity index (χ2v) is 4.96. The van der Waals surface area contributed by atoms with E-state index in [9.17, 15) is 0 Å². The zero-order valence-electron chi connectivity index (χ0n) is 8.71. The van der Waals surface area contributed by atoms with Crippen molar-refractivity contribution in [2.45, 2.75) is 0 Å². The number of nitrogens with zero attached hydrogens (tertiary/aromatic N) is 3. The molecular formula is C11H6BrCl2N3. The molecule has 1 aromatic heterocycles. The van der Waals surface area contributed by atoms with Crippen LogP contribution in [-0.2, 0) is 7.05 Å². The Morgan fingerprint density at radius 3 is 2.65 bits per heavy atom. The van der Waals surface area contributed by atoms with Gasteiger partial charge >= 0.3 is 0 Å². The molecule has 0 unspecified atom stereocenters. The summed E-state index contributed by atoms with van der Waals surface area (Å²) in [6.45, 7) is 0. The molecule has 0 bridgehead atoms. The highest BCUT2D eigenvalue weighted by Gasteiger charge is 2.15. The molecule has 1 heterocycles. The molecule has 0 spiro atoms. The maximum absolute atomic E-state index is 8.98. The smallest absolute Gasteiger partial charge is 0.154 e. The van der Waals surface area contributed by atoms with Gasteiger partial charge < -0.3 is 4.57 Å². The van der Waals surface area contributed by atoms with Crippen molar-refractivity contribution in [3.8, 4) is 17.5 Å². The summed E-state index contributed by atoms with van der Waals surface area (Å²) >= 11 is 15.2. The summed E-state index contributed by atoms with van der Waals surface area (Å²) in [6.07, 6.45) is 0. The predicted molar refractivity (Wildman–Crippen MR) is 71.1 cm³/mol. The summed E-state index contributed by atoms with van der Waals surface area (Å²) in [5, 5.41) is 10.0. The average Bonchev–Trinajstić information content (AvgIpc) is 2.54. The number of hydrogen-bond acceptors (Lipinski definition) is 2. The first-order chi connectivity index (χ1) is 8.04. The SMILES string of the molecule is Cn1c(-c2ccc(Cl)cc2Cl)nc(Br)c1C#N. The van der Waals surface area contributed by atoms with Gasteiger partial charge in [0.05, 0.1) is 5.02 Å². The van der Waals surface area contributed by atoms with Crippen LogP contribution in [0.4, 0.5) is 0 Å². The highest BCUT2D eigenvalue weighted by Crippen LogP contribution is 2.31. The molecule has 6 heteroatoms. The van der Waals surface area contributed by atoms with Gasteiger partial charge in [-0.25, -0.2) is 4.98 Å². The summed E-state index contributed by atoms with van der Waals surface area (Å²) in [7, 11) is 1.76. The molecule has 3 nitrogen and oxygen atoms in total. The minimum Gasteiger partial charge on any atom is -0.318 e. The van der Waals surface area contributed by atoms with Gasteiger partial charge in [0.1, 0.15) is 16.5 Å². The zero-order chi connectivity index (χ0) is 12.6. The lowest BCUT2D eigenvalue weighted by Crippen LogP contribution is -1.95. The lowest BCUT2D eigenvalue weighted by molar-refractivity contribution is 0.907. The van der Waals surface area contributed by atoms with Crippen LogP contribution in [-0.4, -0.2) is 9.55 Å². The van der Waals surface area contributed by atoms with Crippen molar-refractivity contribution in [1.29, 1.82) is 5.26 Å². The zero-order valence-corrected chi connectivity index (χ0v) is 11.8. The van der Waals surface area contributed by atoms with Gasteiger partial charge in [-0.3, -0.25) is 0 Å². The Labute approximate surface area is 117 Å². The molecule has 0 fully saturated rings. The molecule has 86 valence electrons. The molecule has 0 aliphatic carbocycles. The topological polar surface area (TPSA) is 41.6 Å². The van der Waals surface area contributed by atoms with E-state index in [0.29, 0.717) is 26.2 Å². The van der Waals surface area contributed by atoms with E-state index in [-0.39, 0.29) is 0 Å². The first kappa shape index (κ1) is 12.4. The van der Waals surface area contributed by atoms with Crippen LogP contribution in [0, 0.1) is 11.3 Å². The predicted octanol–water partition coefficient (Wildman–Crippen LogP) is 4.03. The second-order valence-electron chi connectivity index (χ2n) is 3.37. The number of hydrogen-bond donors (Lipinski definition) is 0. The highest BCUT2D eigenvalue weighted by atomic mass is 79.9. The van der Waals surface area contributed by atoms with Crippen molar-refractivity contribution in [3.63, 3.8) is 0 Å². The van der Waals surface area contributed by atoms with E-state index in [1.54, 1.807) is 29.8 Å². The molecule has 0 N–H and O–H groups in total. The minimum atomic E-state index is 0.450. The molecule has 2 aromatic rings. The minimum absolute atomic E-state index is 0.450. The van der Waals surface area contributed by atoms with E-state index in [2.05, 4.69) is 27.0 Å². The van der Waals surface area contributed by atoms with E-state index in [0.717, 1.165) is 5.56 Å². The fourth-order valence-corrected chi connectivity index (χ4v) is 2.51. The van der Waals surface area contributed by atoms with Crippen molar-refractivity contribution in [1.82, 2.24) is 9.55 Å². The van der Waals surface area contributed by atoms with Gasteiger partial charge in [-0.1, -0.05) is 23.2 Å². The van der Waals surface area contributed by atoms with Crippen LogP contribution in [0.3, 0.4) is 0 Å². The normalized spacial score (nSPS) is 10.3. The molecule has 0 amide bonds. The van der Waals surface area contributed by atoms with Gasteiger partial charge in [0, 0.05) is 17.6 Å². The summed E-state index contributed by atoms with van der Waals surface area (Å²) < 4.78 is 2.18. The number of aromatic nitrogens is 2. The highest BCUT2D eigenvalue weighted by molar-refractivity contribution is 9.10. The number of rotatable bonds is 1. The Morgan fingerprint density at radius 2 is 2.12 bits per heavy atom. The quantitative estimate of drug-likeness (QED) is 0.792. The van der Waals surface area contributed by atoms with Crippen LogP contribution in [0.15, 0.2) is 22.8 Å². The molecule has 17 heavy (non-hydrogen) atoms. The summed E-state index contributed by atoms with van der Waals surface area (Å²) in [4.78, 5) is 4.27. The number of imidazole rings is 1. The van der Waals surface area contributed by atoms with E-state index >= 15 is 0 Å². The fraction of sp³-hybridized carbons (Fsp3) is 0.0909. The largest absolute Gasteiger partial charge is 0.318 e. The molecule has 0 aliphatic heterocycles. The van der Waals surface area contributed by atoms with Crippen molar-refractivity contribution >= 4 is 39.1 Å². The number of nitriles is 1. The molecule has 0 radical (unpaired) electrons. The maximum atomic E-state index is 8.98. The first-order valence-electron chi connectivity index (χ1n) is 4.62. The molecule has 0 atom stereocenters. The van der Waals surface area contributed by atoms with Crippen LogP contribution in [0.2, 0.25) is 10.0 Å². The Balaban J connectivity index is 2.66. The molecule has 1 aromatic carbocycles. The molecule has 0 aliphatic rings. The molecular weight excluding hydrogens is 325 g/mol. The number of halogens is 3. The third-order valence-electron chi connectivity index (χ3n) is 2.33. The standard InChI is InChI=1S/C11H6BrCl2N3/c1-17-9(5-15)10(12)16-11(17)7-3-2-6(13)4-8(7)14/h2-4H,1H3. The van der Waals surface area contributed by atoms with E-state index < -0.39 is 0 Å². The second kappa shape index (κ2) is 4.69. The van der Waals surface area contributed by atoms with Gasteiger partial charge in [0.15, 0.2) is 5.69 Å². The van der Waals surface area contributed by atoms with Gasteiger partial charge in [-0.2, -0.15) is 5.26 Å². The van der Waals surface area contributed by atoms with Crippen LogP contribution >= 0.6 is 39.1 Å². The van der Waals surface area contributed by atoms with Crippen LogP contribution in [0.1, 0.15) is 5.69 Å². The third kappa shape index (κ3) is 2.19. The monoisotopic (exact) mass is 329 g/mol. The summed E-state index contributed by atoms with van der Waals surface area (Å²) in [5.74, 6) is 0.620. The van der Waals surface area contributed by atoms with Crippen molar-refractivity contribution in [2.24, 2.45) is 7.05 Å². The number of benzene rings is 1. The lowest BCUT2D eigenvalue weighted by Gasteiger charge is -2.04. The van der Waals surface area contributed by atoms with Gasteiger partial charge in [-0.05, 0) is 34.1 Å². The maximum Gasteiger partial charge on any atom is 0.154 e. The van der Waals surface area contributed by atoms with E-state index in [1.165, 1.54) is 0 Å².